The molecule has 0 aliphatic carbocycles. The zero-order chi connectivity index (χ0) is 15.4. The Kier molecular flexibility index (Phi) is 5.37. The van der Waals surface area contributed by atoms with Crippen molar-refractivity contribution in [3.8, 4) is 0 Å². The third-order valence-electron chi connectivity index (χ3n) is 3.69. The Morgan fingerprint density at radius 2 is 2.10 bits per heavy atom. The van der Waals surface area contributed by atoms with Gasteiger partial charge in [-0.05, 0) is 31.5 Å². The predicted molar refractivity (Wildman–Crippen MR) is 84.3 cm³/mol. The van der Waals surface area contributed by atoms with Crippen LogP contribution in [0.15, 0.2) is 24.3 Å². The molecule has 21 heavy (non-hydrogen) atoms. The van der Waals surface area contributed by atoms with Crippen molar-refractivity contribution in [1.29, 1.82) is 0 Å². The van der Waals surface area contributed by atoms with E-state index in [9.17, 15) is 4.39 Å². The smallest absolute Gasteiger partial charge is 0.126 e. The number of halogens is 2. The van der Waals surface area contributed by atoms with Crippen LogP contribution in [-0.2, 0) is 13.5 Å². The summed E-state index contributed by atoms with van der Waals surface area (Å²) in [6.45, 7) is 5.48. The van der Waals surface area contributed by atoms with Crippen LogP contribution in [0.25, 0.3) is 0 Å². The molecule has 0 aliphatic rings. The molecule has 1 aromatic heterocycles. The number of aryl methyl sites for hydroxylation is 2. The van der Waals surface area contributed by atoms with Gasteiger partial charge in [-0.1, -0.05) is 36.7 Å². The number of hydrogen-bond donors (Lipinski definition) is 1. The summed E-state index contributed by atoms with van der Waals surface area (Å²) in [6, 6.07) is 6.93. The van der Waals surface area contributed by atoms with Gasteiger partial charge in [0.15, 0.2) is 0 Å². The number of rotatable bonds is 6. The van der Waals surface area contributed by atoms with E-state index in [1.807, 2.05) is 33.0 Å². The Labute approximate surface area is 130 Å². The molecule has 2 aromatic rings. The van der Waals surface area contributed by atoms with Crippen LogP contribution in [0.1, 0.15) is 29.8 Å². The minimum atomic E-state index is -0.171. The van der Waals surface area contributed by atoms with Gasteiger partial charge < -0.3 is 5.32 Å². The first-order valence-corrected chi connectivity index (χ1v) is 7.55. The monoisotopic (exact) mass is 309 g/mol. The lowest BCUT2D eigenvalue weighted by Crippen LogP contribution is -2.24. The van der Waals surface area contributed by atoms with Gasteiger partial charge in [0.25, 0.3) is 0 Å². The largest absolute Gasteiger partial charge is 0.316 e. The zero-order valence-corrected chi connectivity index (χ0v) is 13.4. The summed E-state index contributed by atoms with van der Waals surface area (Å²) in [5, 5.41) is 8.31. The number of nitrogens with zero attached hydrogens (tertiary/aromatic N) is 2. The number of benzene rings is 1. The van der Waals surface area contributed by atoms with Gasteiger partial charge in [-0.3, -0.25) is 4.68 Å². The third kappa shape index (κ3) is 3.63. The van der Waals surface area contributed by atoms with E-state index in [2.05, 4.69) is 10.4 Å². The number of likely N-dealkylation sites (N-methyl/N-ethyl adjacent to an activating group) is 1. The topological polar surface area (TPSA) is 29.9 Å². The van der Waals surface area contributed by atoms with E-state index in [4.69, 9.17) is 11.6 Å². The van der Waals surface area contributed by atoms with E-state index in [0.29, 0.717) is 23.6 Å². The fourth-order valence-corrected chi connectivity index (χ4v) is 2.79. The molecule has 1 aromatic carbocycles. The summed E-state index contributed by atoms with van der Waals surface area (Å²) in [5.74, 6) is -0.145. The maximum absolute atomic E-state index is 14.1. The Morgan fingerprint density at radius 1 is 1.38 bits per heavy atom. The van der Waals surface area contributed by atoms with Crippen LogP contribution < -0.4 is 5.32 Å². The van der Waals surface area contributed by atoms with Crippen LogP contribution in [0, 0.1) is 12.7 Å². The van der Waals surface area contributed by atoms with Gasteiger partial charge in [0, 0.05) is 19.5 Å². The van der Waals surface area contributed by atoms with E-state index in [-0.39, 0.29) is 11.7 Å². The van der Waals surface area contributed by atoms with Crippen molar-refractivity contribution in [1.82, 2.24) is 15.1 Å². The molecular formula is C16H21ClFN3. The van der Waals surface area contributed by atoms with Gasteiger partial charge in [0.2, 0.25) is 0 Å². The number of nitrogens with one attached hydrogen (secondary N) is 1. The highest BCUT2D eigenvalue weighted by atomic mass is 35.5. The minimum Gasteiger partial charge on any atom is -0.316 e. The second kappa shape index (κ2) is 7.05. The summed E-state index contributed by atoms with van der Waals surface area (Å²) in [7, 11) is 1.87. The van der Waals surface area contributed by atoms with E-state index in [0.717, 1.165) is 17.9 Å². The van der Waals surface area contributed by atoms with Crippen molar-refractivity contribution >= 4 is 11.6 Å². The molecule has 0 amide bonds. The van der Waals surface area contributed by atoms with Crippen molar-refractivity contribution in [3.63, 3.8) is 0 Å². The van der Waals surface area contributed by atoms with Crippen molar-refractivity contribution in [3.05, 3.63) is 52.1 Å². The molecule has 0 aliphatic heterocycles. The first kappa shape index (κ1) is 16.0. The first-order chi connectivity index (χ1) is 10.0. The van der Waals surface area contributed by atoms with Crippen LogP contribution in [-0.4, -0.2) is 22.9 Å². The first-order valence-electron chi connectivity index (χ1n) is 7.17. The van der Waals surface area contributed by atoms with Gasteiger partial charge in [0.05, 0.1) is 16.4 Å². The zero-order valence-electron chi connectivity index (χ0n) is 12.7. The SMILES string of the molecule is CCNCC(Cc1c(Cl)c(C)nn1C)c1ccccc1F. The van der Waals surface area contributed by atoms with Crippen LogP contribution in [0.4, 0.5) is 4.39 Å². The maximum atomic E-state index is 14.1. The Bertz CT molecular complexity index is 610. The summed E-state index contributed by atoms with van der Waals surface area (Å²) >= 11 is 6.32. The predicted octanol–water partition coefficient (Wildman–Crippen LogP) is 3.46. The molecule has 0 bridgehead atoms. The van der Waals surface area contributed by atoms with E-state index in [1.165, 1.54) is 6.07 Å². The standard InChI is InChI=1S/C16H21ClFN3/c1-4-19-10-12(13-7-5-6-8-14(13)18)9-15-16(17)11(2)20-21(15)3/h5-8,12,19H,4,9-10H2,1-3H3. The molecule has 3 nitrogen and oxygen atoms in total. The lowest BCUT2D eigenvalue weighted by atomic mass is 9.93. The summed E-state index contributed by atoms with van der Waals surface area (Å²) in [6.07, 6.45) is 0.657. The van der Waals surface area contributed by atoms with Crippen LogP contribution in [0.2, 0.25) is 5.02 Å². The fraction of sp³-hybridized carbons (Fsp3) is 0.438. The minimum absolute atomic E-state index is 0.0263. The molecular weight excluding hydrogens is 289 g/mol. The lowest BCUT2D eigenvalue weighted by molar-refractivity contribution is 0.532. The molecule has 0 spiro atoms. The highest BCUT2D eigenvalue weighted by Gasteiger charge is 2.20. The van der Waals surface area contributed by atoms with Gasteiger partial charge in [0.1, 0.15) is 5.82 Å². The number of aromatic nitrogens is 2. The van der Waals surface area contributed by atoms with Crippen molar-refractivity contribution in [2.45, 2.75) is 26.2 Å². The second-order valence-electron chi connectivity index (χ2n) is 5.20. The lowest BCUT2D eigenvalue weighted by Gasteiger charge is -2.19. The van der Waals surface area contributed by atoms with E-state index in [1.54, 1.807) is 10.7 Å². The van der Waals surface area contributed by atoms with Crippen LogP contribution in [0.5, 0.6) is 0 Å². The van der Waals surface area contributed by atoms with Gasteiger partial charge in [-0.15, -0.1) is 0 Å². The van der Waals surface area contributed by atoms with E-state index >= 15 is 0 Å². The molecule has 1 heterocycles. The summed E-state index contributed by atoms with van der Waals surface area (Å²) < 4.78 is 15.9. The molecule has 1 N–H and O–H groups in total. The molecule has 0 fully saturated rings. The average molecular weight is 310 g/mol. The maximum Gasteiger partial charge on any atom is 0.126 e. The second-order valence-corrected chi connectivity index (χ2v) is 5.58. The molecule has 1 atom stereocenters. The van der Waals surface area contributed by atoms with Crippen LogP contribution >= 0.6 is 11.6 Å². The van der Waals surface area contributed by atoms with Crippen molar-refractivity contribution < 1.29 is 4.39 Å². The third-order valence-corrected chi connectivity index (χ3v) is 4.18. The van der Waals surface area contributed by atoms with Crippen molar-refractivity contribution in [2.24, 2.45) is 7.05 Å². The van der Waals surface area contributed by atoms with E-state index < -0.39 is 0 Å². The molecule has 114 valence electrons. The Balaban J connectivity index is 2.31. The summed E-state index contributed by atoms with van der Waals surface area (Å²) in [4.78, 5) is 0. The Morgan fingerprint density at radius 3 is 2.67 bits per heavy atom. The molecule has 2 rings (SSSR count). The van der Waals surface area contributed by atoms with Crippen LogP contribution in [0.3, 0.4) is 0 Å². The molecule has 0 saturated heterocycles. The van der Waals surface area contributed by atoms with Crippen molar-refractivity contribution in [2.75, 3.05) is 13.1 Å². The highest BCUT2D eigenvalue weighted by molar-refractivity contribution is 6.31. The Hall–Kier alpha value is -1.39. The highest BCUT2D eigenvalue weighted by Crippen LogP contribution is 2.28. The fourth-order valence-electron chi connectivity index (χ4n) is 2.55. The van der Waals surface area contributed by atoms with Gasteiger partial charge in [-0.25, -0.2) is 4.39 Å². The molecule has 0 saturated carbocycles. The molecule has 5 heteroatoms. The van der Waals surface area contributed by atoms with Gasteiger partial charge >= 0.3 is 0 Å². The van der Waals surface area contributed by atoms with Gasteiger partial charge in [-0.2, -0.15) is 5.10 Å². The normalized spacial score (nSPS) is 12.6. The summed E-state index contributed by atoms with van der Waals surface area (Å²) in [5.41, 5.74) is 2.47. The quantitative estimate of drug-likeness (QED) is 0.885. The molecule has 1 unspecified atom stereocenters. The molecule has 0 radical (unpaired) electrons. The average Bonchev–Trinajstić information content (AvgIpc) is 2.70. The number of hydrogen-bond acceptors (Lipinski definition) is 2.